The molecule has 0 radical (unpaired) electrons. The van der Waals surface area contributed by atoms with Crippen LogP contribution in [0, 0.1) is 133 Å². The zero-order chi connectivity index (χ0) is 96.4. The number of aryl methyl sites for hydroxylation is 4. The number of aromatic nitrogens is 12. The summed E-state index contributed by atoms with van der Waals surface area (Å²) >= 11 is 1.86. The second-order valence-corrected chi connectivity index (χ2v) is 35.4. The van der Waals surface area contributed by atoms with Gasteiger partial charge < -0.3 is 38.5 Å². The number of carbonyl (C=O) groups is 2. The number of benzene rings is 14. The Morgan fingerprint density at radius 2 is 0.659 bits per heavy atom. The van der Waals surface area contributed by atoms with Crippen molar-refractivity contribution in [2.24, 2.45) is 11.3 Å². The minimum atomic E-state index is -0.570. The minimum Gasteiger partial charge on any atom is -0.461 e. The Labute approximate surface area is 790 Å². The predicted molar refractivity (Wildman–Crippen MR) is 529 cm³/mol. The number of esters is 2. The topological polar surface area (TPSA) is 376 Å². The average Bonchev–Trinajstić information content (AvgIpc) is 1.11. The summed E-state index contributed by atoms with van der Waals surface area (Å²) in [6, 6.07) is 58.6. The van der Waals surface area contributed by atoms with E-state index in [0.29, 0.717) is 122 Å². The lowest BCUT2D eigenvalue weighted by molar-refractivity contribution is -0.155. The molecular weight excluding hydrogens is 1740 g/mol. The van der Waals surface area contributed by atoms with Crippen LogP contribution in [0.4, 0.5) is 34.9 Å². The van der Waals surface area contributed by atoms with E-state index in [1.165, 1.54) is 15.3 Å². The van der Waals surface area contributed by atoms with E-state index in [2.05, 4.69) is 106 Å². The highest BCUT2D eigenvalue weighted by atomic mass is 32.1. The van der Waals surface area contributed by atoms with Crippen molar-refractivity contribution in [1.82, 2.24) is 59.8 Å². The van der Waals surface area contributed by atoms with Gasteiger partial charge in [-0.2, -0.15) is 31.6 Å². The number of thiophene rings is 1. The molecule has 14 aromatic carbocycles. The lowest BCUT2D eigenvalue weighted by Crippen LogP contribution is -2.25. The van der Waals surface area contributed by atoms with Gasteiger partial charge in [-0.15, -0.1) is 41.2 Å². The first kappa shape index (κ1) is 88.1. The van der Waals surface area contributed by atoms with Crippen molar-refractivity contribution < 1.29 is 19.1 Å². The lowest BCUT2D eigenvalue weighted by Gasteiger charge is -2.20. The molecule has 0 aliphatic heterocycles. The Bertz CT molecular complexity index is 9460. The highest BCUT2D eigenvalue weighted by Crippen LogP contribution is 2.52. The zero-order valence-corrected chi connectivity index (χ0v) is 75.6. The van der Waals surface area contributed by atoms with E-state index in [9.17, 15) is 41.2 Å². The van der Waals surface area contributed by atoms with Gasteiger partial charge in [0.25, 0.3) is 34.9 Å². The van der Waals surface area contributed by atoms with Crippen molar-refractivity contribution in [3.05, 3.63) is 280 Å². The van der Waals surface area contributed by atoms with Gasteiger partial charge in [-0.25, -0.2) is 29.9 Å². The normalized spacial score (nSPS) is 11.5. The Balaban J connectivity index is 0.000000132. The van der Waals surface area contributed by atoms with E-state index in [-0.39, 0.29) is 100 Å². The molecule has 7 heterocycles. The molecule has 0 fully saturated rings. The number of unbranched alkanes of at least 4 members (excludes halogenated alkanes) is 3. The van der Waals surface area contributed by atoms with E-state index in [4.69, 9.17) is 63.9 Å². The van der Waals surface area contributed by atoms with E-state index >= 15 is 0 Å². The van der Waals surface area contributed by atoms with Crippen LogP contribution >= 0.6 is 11.3 Å². The fraction of sp³-hybridized carbons (Fsp3) is 0.174. The van der Waals surface area contributed by atoms with E-state index in [1.54, 1.807) is 0 Å². The monoisotopic (exact) mass is 1810 g/mol. The number of fused-ring (bicyclic) bond motifs is 18. The Morgan fingerprint density at radius 3 is 0.971 bits per heavy atom. The van der Waals surface area contributed by atoms with Gasteiger partial charge in [0.15, 0.2) is 34.2 Å². The lowest BCUT2D eigenvalue weighted by atomic mass is 9.87. The molecule has 0 N–H and O–H groups in total. The molecule has 1 atom stereocenters. The van der Waals surface area contributed by atoms with Crippen molar-refractivity contribution in [2.75, 3.05) is 0 Å². The molecule has 29 heteroatoms. The number of hydrogen-bond donors (Lipinski definition) is 0. The molecule has 1 unspecified atom stereocenters. The van der Waals surface area contributed by atoms with Crippen molar-refractivity contribution in [3.8, 4) is 58.7 Å². The number of hydrogen-bond acceptors (Lipinski definition) is 23. The molecule has 0 aliphatic carbocycles. The van der Waals surface area contributed by atoms with E-state index in [0.717, 1.165) is 131 Å². The molecule has 0 aliphatic rings. The molecule has 0 saturated heterocycles. The van der Waals surface area contributed by atoms with Crippen LogP contribution in [-0.4, -0.2) is 71.7 Å². The smallest absolute Gasteiger partial charge is 0.311 e. The van der Waals surface area contributed by atoms with E-state index < -0.39 is 5.41 Å². The first-order valence-corrected chi connectivity index (χ1v) is 44.7. The third kappa shape index (κ3) is 14.6. The summed E-state index contributed by atoms with van der Waals surface area (Å²) in [5.74, 6) is -1.08. The summed E-state index contributed by atoms with van der Waals surface area (Å²) in [6.07, 6.45) is 7.62. The first-order valence-electron chi connectivity index (χ1n) is 43.8. The summed E-state index contributed by atoms with van der Waals surface area (Å²) in [4.78, 5) is 104. The Hall–Kier alpha value is -19.2. The van der Waals surface area contributed by atoms with Crippen molar-refractivity contribution in [3.63, 3.8) is 0 Å². The molecule has 652 valence electrons. The van der Waals surface area contributed by atoms with Gasteiger partial charge in [0.05, 0.1) is 44.4 Å². The van der Waals surface area contributed by atoms with Crippen LogP contribution in [0.5, 0.6) is 0 Å². The molecule has 21 aromatic rings. The summed E-state index contributed by atoms with van der Waals surface area (Å²) < 4.78 is 11.1. The molecule has 0 spiro atoms. The van der Waals surface area contributed by atoms with Crippen molar-refractivity contribution >= 4 is 221 Å². The van der Waals surface area contributed by atoms with Gasteiger partial charge in [-0.3, -0.25) is 9.59 Å². The van der Waals surface area contributed by atoms with Crippen LogP contribution in [-0.2, 0) is 45.1 Å². The quantitative estimate of drug-likeness (QED) is 0.0269. The van der Waals surface area contributed by atoms with Crippen LogP contribution in [0.25, 0.3) is 214 Å². The second-order valence-electron chi connectivity index (χ2n) is 33.9. The predicted octanol–water partition coefficient (Wildman–Crippen LogP) is 25.9. The molecule has 21 rings (SSSR count). The van der Waals surface area contributed by atoms with Gasteiger partial charge >= 0.3 is 11.9 Å². The Kier molecular flexibility index (Phi) is 22.6. The standard InChI is InChI=1S/C37H22N8O2.C36H20N8O2.C36H24N8S/c1-6-37(2,3)36(46)47-18-19-10-12-20(13-11-19)21-14-15-24-28-27-22(30-31(24)45-35(41-5)34(40-4)44-30)8-7-9-23(27)32-33(29(21)28)43-26(17-39)25(16-38)42-32;1-5-18(2)36(45)46-17-19-9-11-20(12-10-19)21-13-14-24-28-27-22(30-31(24)44-35(40-4)34(39-3)43-30)7-6-8-23(27)32-33(29(21)28)42-26(16-38)25(15-37)41-32;1-19-16-22(20(2)45-19)11-8-6-5-7-10-21-14-15-25-30-28(21)34-33(41-26(17-37)27(18-38)42-34)24-13-9-12-23(29(24)30)31-32(25)44-36(40-4)35(39-3)43-31/h7-15H,6,18H2,1-3H3;6-14,18H,5,17H2,1-2H3;9,12-16H,5-8,10-11H2,1-2H3. The fourth-order valence-corrected chi connectivity index (χ4v) is 19.4. The minimum absolute atomic E-state index is 0.00800. The number of carbonyl (C=O) groups excluding carboxylic acids is 2. The zero-order valence-electron chi connectivity index (χ0n) is 74.8. The van der Waals surface area contributed by atoms with Crippen molar-refractivity contribution in [2.45, 2.75) is 113 Å². The third-order valence-corrected chi connectivity index (χ3v) is 26.7. The molecule has 0 saturated carbocycles. The average molecular weight is 1810 g/mol. The summed E-state index contributed by atoms with van der Waals surface area (Å²) in [5.41, 5.74) is 12.4. The largest absolute Gasteiger partial charge is 0.461 e. The van der Waals surface area contributed by atoms with Crippen LogP contribution in [0.3, 0.4) is 0 Å². The van der Waals surface area contributed by atoms with Gasteiger partial charge in [0, 0.05) is 107 Å². The SMILES string of the molecule is [C-]#[N+]c1nc2c3cccc4c5nc(C#N)c(C#N)nc5c5c(-c6ccc(COC(=O)C(C)(C)CC)cc6)ccc(c2nc1[N+]#[C-])c5c34.[C-]#[N+]c1nc2c3cccc4c5nc(C#N)c(C#N)nc5c5c(-c6ccc(COC(=O)C(C)CC)cc6)ccc(c2nc1[N+]#[C-])c5c34.[C-]#[N+]c1nc2c3cccc4c5nc(C#N)c(C#N)nc5c5c(CCCCCCc6cc(C)sc6C)ccc(c2nc1[N+]#[C-])c5c34. The molecule has 28 nitrogen and oxygen atoms in total. The van der Waals surface area contributed by atoms with Gasteiger partial charge in [-0.1, -0.05) is 176 Å². The number of ether oxygens (including phenoxy) is 2. The first-order chi connectivity index (χ1) is 67.1. The molecule has 7 aromatic heterocycles. The van der Waals surface area contributed by atoms with Crippen LogP contribution in [0.15, 0.2) is 146 Å². The van der Waals surface area contributed by atoms with Gasteiger partial charge in [0.1, 0.15) is 49.6 Å². The molecule has 0 bridgehead atoms. The van der Waals surface area contributed by atoms with E-state index in [1.807, 2.05) is 210 Å². The maximum Gasteiger partial charge on any atom is 0.311 e. The molecular formula is C109H66N24O4S. The van der Waals surface area contributed by atoms with Gasteiger partial charge in [-0.05, 0) is 153 Å². The maximum atomic E-state index is 12.5. The van der Waals surface area contributed by atoms with Crippen LogP contribution in [0.2, 0.25) is 0 Å². The molecule has 0 amide bonds. The second kappa shape index (κ2) is 35.5. The molecule has 138 heavy (non-hydrogen) atoms. The van der Waals surface area contributed by atoms with Crippen LogP contribution < -0.4 is 0 Å². The van der Waals surface area contributed by atoms with Crippen LogP contribution in [0.1, 0.15) is 139 Å². The number of nitriles is 6. The number of nitrogens with zero attached hydrogens (tertiary/aromatic N) is 24. The third-order valence-electron chi connectivity index (χ3n) is 25.7. The highest BCUT2D eigenvalue weighted by Gasteiger charge is 2.34. The summed E-state index contributed by atoms with van der Waals surface area (Å²) in [6.45, 7) is 59.8. The summed E-state index contributed by atoms with van der Waals surface area (Å²) in [7, 11) is 0. The summed E-state index contributed by atoms with van der Waals surface area (Å²) in [5, 5.41) is 73.0. The maximum absolute atomic E-state index is 12.5. The van der Waals surface area contributed by atoms with Crippen molar-refractivity contribution in [1.29, 1.82) is 31.6 Å². The van der Waals surface area contributed by atoms with Gasteiger partial charge in [0.2, 0.25) is 33.1 Å². The Morgan fingerprint density at radius 1 is 0.362 bits per heavy atom. The number of rotatable bonds is 17. The fourth-order valence-electron chi connectivity index (χ4n) is 18.4. The highest BCUT2D eigenvalue weighted by molar-refractivity contribution is 7.12.